The number of nitrogens with zero attached hydrogens (tertiary/aromatic N) is 2. The SMILES string of the molecule is COc1ccc(S(=O)(=O)N2c3ccc(Cl)cc3C(O)(c3ccccc3Cl)C2C(=O)N(C)CC(=O)O)cc1OC. The Morgan fingerprint density at radius 3 is 2.28 bits per heavy atom. The minimum Gasteiger partial charge on any atom is -0.493 e. The fraction of sp³-hybridized carbons (Fsp3) is 0.231. The number of rotatable bonds is 8. The second-order valence-electron chi connectivity index (χ2n) is 8.72. The molecule has 0 radical (unpaired) electrons. The van der Waals surface area contributed by atoms with E-state index in [-0.39, 0.29) is 43.3 Å². The molecule has 0 aromatic heterocycles. The number of halogens is 2. The monoisotopic (exact) mass is 594 g/mol. The van der Waals surface area contributed by atoms with Crippen LogP contribution in [0, 0.1) is 0 Å². The van der Waals surface area contributed by atoms with E-state index in [2.05, 4.69) is 0 Å². The van der Waals surface area contributed by atoms with Gasteiger partial charge in [0.15, 0.2) is 17.5 Å². The van der Waals surface area contributed by atoms with Gasteiger partial charge in [0.2, 0.25) is 0 Å². The van der Waals surface area contributed by atoms with Crippen LogP contribution in [-0.4, -0.2) is 69.3 Å². The van der Waals surface area contributed by atoms with Crippen LogP contribution in [0.3, 0.4) is 0 Å². The first-order valence-corrected chi connectivity index (χ1v) is 13.6. The van der Waals surface area contributed by atoms with Crippen LogP contribution in [-0.2, 0) is 25.2 Å². The summed E-state index contributed by atoms with van der Waals surface area (Å²) in [6, 6.07) is 12.2. The van der Waals surface area contributed by atoms with Crippen molar-refractivity contribution in [1.29, 1.82) is 0 Å². The molecule has 0 spiro atoms. The van der Waals surface area contributed by atoms with Crippen LogP contribution in [0.1, 0.15) is 11.1 Å². The van der Waals surface area contributed by atoms with Gasteiger partial charge < -0.3 is 24.6 Å². The van der Waals surface area contributed by atoms with Crippen LogP contribution in [0.2, 0.25) is 10.0 Å². The topological polar surface area (TPSA) is 134 Å². The molecular formula is C26H24Cl2N2O8S. The largest absolute Gasteiger partial charge is 0.493 e. The zero-order valence-corrected chi connectivity index (χ0v) is 23.3. The maximum Gasteiger partial charge on any atom is 0.323 e. The molecule has 0 aliphatic carbocycles. The fourth-order valence-corrected chi connectivity index (χ4v) is 6.77. The van der Waals surface area contributed by atoms with Gasteiger partial charge in [0.25, 0.3) is 15.9 Å². The first-order chi connectivity index (χ1) is 18.4. The number of methoxy groups -OCH3 is 2. The highest BCUT2D eigenvalue weighted by Gasteiger charge is 2.60. The number of aliphatic hydroxyl groups is 1. The number of ether oxygens (including phenoxy) is 2. The second kappa shape index (κ2) is 10.6. The van der Waals surface area contributed by atoms with Crippen LogP contribution in [0.15, 0.2) is 65.6 Å². The summed E-state index contributed by atoms with van der Waals surface area (Å²) in [6.07, 6.45) is 0. The van der Waals surface area contributed by atoms with Crippen molar-refractivity contribution in [3.05, 3.63) is 81.8 Å². The molecule has 39 heavy (non-hydrogen) atoms. The number of carboxylic acids is 1. The average Bonchev–Trinajstić information content (AvgIpc) is 3.16. The molecule has 1 heterocycles. The molecule has 3 aromatic rings. The van der Waals surface area contributed by atoms with Crippen LogP contribution in [0.5, 0.6) is 11.5 Å². The Balaban J connectivity index is 2.05. The van der Waals surface area contributed by atoms with Crippen LogP contribution >= 0.6 is 23.2 Å². The maximum absolute atomic E-state index is 14.3. The maximum atomic E-state index is 14.3. The van der Waals surface area contributed by atoms with Crippen molar-refractivity contribution >= 4 is 50.8 Å². The van der Waals surface area contributed by atoms with Crippen LogP contribution in [0.4, 0.5) is 5.69 Å². The molecule has 4 rings (SSSR count). The van der Waals surface area contributed by atoms with Crippen molar-refractivity contribution in [1.82, 2.24) is 4.90 Å². The first kappa shape index (κ1) is 28.5. The number of amides is 1. The van der Waals surface area contributed by atoms with Gasteiger partial charge in [-0.15, -0.1) is 0 Å². The highest BCUT2D eigenvalue weighted by molar-refractivity contribution is 7.93. The fourth-order valence-electron chi connectivity index (χ4n) is 4.65. The first-order valence-electron chi connectivity index (χ1n) is 11.4. The number of sulfonamides is 1. The molecule has 0 fully saturated rings. The number of hydrogen-bond acceptors (Lipinski definition) is 7. The minimum absolute atomic E-state index is 0.00535. The third kappa shape index (κ3) is 4.76. The zero-order chi connectivity index (χ0) is 28.7. The van der Waals surface area contributed by atoms with Crippen LogP contribution < -0.4 is 13.8 Å². The van der Waals surface area contributed by atoms with Gasteiger partial charge in [-0.05, 0) is 36.4 Å². The third-order valence-electron chi connectivity index (χ3n) is 6.42. The van der Waals surface area contributed by atoms with E-state index in [4.69, 9.17) is 32.7 Å². The second-order valence-corrected chi connectivity index (χ2v) is 11.4. The summed E-state index contributed by atoms with van der Waals surface area (Å²) in [7, 11) is -0.689. The molecule has 3 aromatic carbocycles. The van der Waals surface area contributed by atoms with Crippen LogP contribution in [0.25, 0.3) is 0 Å². The lowest BCUT2D eigenvalue weighted by Crippen LogP contribution is -2.57. The van der Waals surface area contributed by atoms with Crippen molar-refractivity contribution in [2.75, 3.05) is 32.1 Å². The molecule has 206 valence electrons. The smallest absolute Gasteiger partial charge is 0.323 e. The Kier molecular flexibility index (Phi) is 7.72. The Hall–Kier alpha value is -3.51. The molecule has 1 aliphatic rings. The van der Waals surface area contributed by atoms with E-state index < -0.39 is 40.1 Å². The van der Waals surface area contributed by atoms with Crippen molar-refractivity contribution in [2.24, 2.45) is 0 Å². The van der Waals surface area contributed by atoms with Gasteiger partial charge in [-0.3, -0.25) is 9.59 Å². The lowest BCUT2D eigenvalue weighted by Gasteiger charge is -2.36. The number of fused-ring (bicyclic) bond motifs is 1. The van der Waals surface area contributed by atoms with Gasteiger partial charge in [0.1, 0.15) is 12.1 Å². The number of benzene rings is 3. The number of carboxylic acid groups (broad SMARTS) is 1. The van der Waals surface area contributed by atoms with E-state index in [9.17, 15) is 28.2 Å². The molecule has 13 heteroatoms. The Morgan fingerprint density at radius 1 is 1.00 bits per heavy atom. The summed E-state index contributed by atoms with van der Waals surface area (Å²) in [4.78, 5) is 25.9. The van der Waals surface area contributed by atoms with E-state index in [1.165, 1.54) is 69.8 Å². The number of anilines is 1. The number of carbonyl (C=O) groups excluding carboxylic acids is 1. The number of likely N-dealkylation sites (N-methyl/N-ethyl adjacent to an activating group) is 1. The molecule has 2 atom stereocenters. The molecule has 1 amide bonds. The Bertz CT molecular complexity index is 1570. The van der Waals surface area contributed by atoms with Crippen molar-refractivity contribution < 1.29 is 37.7 Å². The lowest BCUT2D eigenvalue weighted by molar-refractivity contribution is -0.145. The van der Waals surface area contributed by atoms with Gasteiger partial charge in [-0.25, -0.2) is 12.7 Å². The highest BCUT2D eigenvalue weighted by atomic mass is 35.5. The summed E-state index contributed by atoms with van der Waals surface area (Å²) in [5.41, 5.74) is -2.37. The quantitative estimate of drug-likeness (QED) is 0.405. The van der Waals surface area contributed by atoms with Gasteiger partial charge >= 0.3 is 5.97 Å². The summed E-state index contributed by atoms with van der Waals surface area (Å²) in [6.45, 7) is -0.755. The third-order valence-corrected chi connectivity index (χ3v) is 8.76. The molecule has 2 unspecified atom stereocenters. The molecule has 0 saturated heterocycles. The summed E-state index contributed by atoms with van der Waals surface area (Å²) >= 11 is 12.7. The van der Waals surface area contributed by atoms with E-state index in [0.717, 1.165) is 9.21 Å². The molecule has 0 bridgehead atoms. The van der Waals surface area contributed by atoms with Gasteiger partial charge in [-0.2, -0.15) is 0 Å². The Labute approximate surface area is 234 Å². The zero-order valence-electron chi connectivity index (χ0n) is 21.0. The number of hydrogen-bond donors (Lipinski definition) is 2. The van der Waals surface area contributed by atoms with E-state index in [1.807, 2.05) is 0 Å². The Morgan fingerprint density at radius 2 is 1.67 bits per heavy atom. The lowest BCUT2D eigenvalue weighted by atomic mass is 9.82. The number of carbonyl (C=O) groups is 2. The summed E-state index contributed by atoms with van der Waals surface area (Å²) < 4.78 is 39.8. The minimum atomic E-state index is -4.61. The van der Waals surface area contributed by atoms with Gasteiger partial charge in [-0.1, -0.05) is 41.4 Å². The van der Waals surface area contributed by atoms with E-state index in [0.29, 0.717) is 0 Å². The highest BCUT2D eigenvalue weighted by Crippen LogP contribution is 2.52. The van der Waals surface area contributed by atoms with Gasteiger partial charge in [0.05, 0.1) is 24.8 Å². The van der Waals surface area contributed by atoms with E-state index >= 15 is 0 Å². The predicted octanol–water partition coefficient (Wildman–Crippen LogP) is 3.37. The molecule has 1 aliphatic heterocycles. The van der Waals surface area contributed by atoms with Crippen molar-refractivity contribution in [3.63, 3.8) is 0 Å². The number of aliphatic carboxylic acids is 1. The van der Waals surface area contributed by atoms with Crippen molar-refractivity contribution in [3.8, 4) is 11.5 Å². The van der Waals surface area contributed by atoms with Gasteiger partial charge in [0, 0.05) is 34.3 Å². The predicted molar refractivity (Wildman–Crippen MR) is 144 cm³/mol. The molecule has 2 N–H and O–H groups in total. The standard InChI is InChI=1S/C26H24Cl2N2O8S/c1-29(14-23(31)32)25(33)24-26(34,17-6-4-5-7-19(17)28)18-12-15(27)8-10-20(18)30(24)39(35,36)16-9-11-21(37-2)22(13-16)38-3/h4-13,24,34H,14H2,1-3H3,(H,31,32). The molecule has 0 saturated carbocycles. The van der Waals surface area contributed by atoms with E-state index in [1.54, 1.807) is 12.1 Å². The average molecular weight is 595 g/mol. The summed E-state index contributed by atoms with van der Waals surface area (Å²) in [5, 5.41) is 22.0. The molecule has 10 nitrogen and oxygen atoms in total. The summed E-state index contributed by atoms with van der Waals surface area (Å²) in [5.74, 6) is -1.94. The normalized spacial score (nSPS) is 18.4. The molecular weight excluding hydrogens is 571 g/mol. The van der Waals surface area contributed by atoms with Crippen molar-refractivity contribution in [2.45, 2.75) is 16.5 Å².